The predicted molar refractivity (Wildman–Crippen MR) is 113 cm³/mol. The van der Waals surface area contributed by atoms with Gasteiger partial charge in [-0.1, -0.05) is 29.5 Å². The van der Waals surface area contributed by atoms with Crippen molar-refractivity contribution in [2.75, 3.05) is 17.7 Å². The van der Waals surface area contributed by atoms with Crippen LogP contribution in [0.1, 0.15) is 5.56 Å². The van der Waals surface area contributed by atoms with Crippen molar-refractivity contribution in [2.45, 2.75) is 6.92 Å². The molecule has 0 aliphatic heterocycles. The fourth-order valence-corrected chi connectivity index (χ4v) is 3.76. The third-order valence-corrected chi connectivity index (χ3v) is 5.07. The lowest BCUT2D eigenvalue weighted by Gasteiger charge is -2.11. The molecule has 2 heterocycles. The van der Waals surface area contributed by atoms with Gasteiger partial charge in [0, 0.05) is 0 Å². The predicted octanol–water partition coefficient (Wildman–Crippen LogP) is 4.80. The number of anilines is 4. The topological polar surface area (TPSA) is 115 Å². The van der Waals surface area contributed by atoms with E-state index in [4.69, 9.17) is 4.74 Å². The van der Waals surface area contributed by atoms with Gasteiger partial charge < -0.3 is 15.4 Å². The van der Waals surface area contributed by atoms with Gasteiger partial charge in [0.05, 0.1) is 27.9 Å². The number of hydrogen-bond donors (Lipinski definition) is 2. The Balaban J connectivity index is 1.71. The number of aromatic nitrogens is 3. The third-order valence-electron chi connectivity index (χ3n) is 4.13. The Morgan fingerprint density at radius 2 is 1.86 bits per heavy atom. The van der Waals surface area contributed by atoms with Gasteiger partial charge in [-0.05, 0) is 36.8 Å². The average Bonchev–Trinajstić information content (AvgIpc) is 3.09. The van der Waals surface area contributed by atoms with E-state index in [1.165, 1.54) is 24.8 Å². The third kappa shape index (κ3) is 3.78. The molecule has 0 radical (unpaired) electrons. The molecule has 0 atom stereocenters. The van der Waals surface area contributed by atoms with Crippen LogP contribution in [0, 0.1) is 17.0 Å². The van der Waals surface area contributed by atoms with E-state index in [9.17, 15) is 10.1 Å². The molecule has 10 heteroatoms. The monoisotopic (exact) mass is 408 g/mol. The van der Waals surface area contributed by atoms with Gasteiger partial charge in [-0.2, -0.15) is 0 Å². The van der Waals surface area contributed by atoms with Gasteiger partial charge in [0.25, 0.3) is 0 Å². The van der Waals surface area contributed by atoms with E-state index in [0.717, 1.165) is 15.8 Å². The van der Waals surface area contributed by atoms with E-state index in [0.29, 0.717) is 16.6 Å². The maximum atomic E-state index is 11.8. The number of ether oxygens (including phenoxy) is 1. The molecule has 2 aromatic carbocycles. The van der Waals surface area contributed by atoms with Crippen LogP contribution >= 0.6 is 11.3 Å². The minimum atomic E-state index is -0.530. The van der Waals surface area contributed by atoms with Crippen LogP contribution in [0.5, 0.6) is 5.75 Å². The molecule has 4 aromatic rings. The Bertz CT molecular complexity index is 1210. The van der Waals surface area contributed by atoms with Crippen LogP contribution in [0.2, 0.25) is 0 Å². The van der Waals surface area contributed by atoms with E-state index in [-0.39, 0.29) is 17.3 Å². The summed E-state index contributed by atoms with van der Waals surface area (Å²) in [4.78, 5) is 23.8. The summed E-state index contributed by atoms with van der Waals surface area (Å²) >= 11 is 1.40. The van der Waals surface area contributed by atoms with Gasteiger partial charge in [0.1, 0.15) is 12.1 Å². The first-order valence-corrected chi connectivity index (χ1v) is 9.40. The SMILES string of the molecule is COc1ccccc1Nc1ncnc(Nc2nc3ccc(C)cc3s2)c1[N+](=O)[O-]. The second-order valence-electron chi connectivity index (χ2n) is 6.12. The van der Waals surface area contributed by atoms with Crippen LogP contribution in [0.4, 0.5) is 28.1 Å². The molecular formula is C19H16N6O3S. The number of rotatable bonds is 6. The summed E-state index contributed by atoms with van der Waals surface area (Å²) in [5, 5.41) is 18.2. The number of fused-ring (bicyclic) bond motifs is 1. The first kappa shape index (κ1) is 18.6. The zero-order valence-electron chi connectivity index (χ0n) is 15.5. The van der Waals surface area contributed by atoms with E-state index in [1.54, 1.807) is 24.3 Å². The first-order valence-electron chi connectivity index (χ1n) is 8.59. The number of aryl methyl sites for hydroxylation is 1. The minimum Gasteiger partial charge on any atom is -0.495 e. The second kappa shape index (κ2) is 7.68. The summed E-state index contributed by atoms with van der Waals surface area (Å²) in [5.41, 5.74) is 2.20. The molecule has 146 valence electrons. The lowest BCUT2D eigenvalue weighted by molar-refractivity contribution is -0.383. The number of hydrogen-bond acceptors (Lipinski definition) is 9. The molecule has 0 amide bonds. The highest BCUT2D eigenvalue weighted by molar-refractivity contribution is 7.22. The summed E-state index contributed by atoms with van der Waals surface area (Å²) in [6.45, 7) is 2.00. The van der Waals surface area contributed by atoms with Gasteiger partial charge in [0.15, 0.2) is 5.13 Å². The molecule has 0 unspecified atom stereocenters. The van der Waals surface area contributed by atoms with Crippen molar-refractivity contribution < 1.29 is 9.66 Å². The van der Waals surface area contributed by atoms with Crippen LogP contribution in [-0.4, -0.2) is 27.0 Å². The van der Waals surface area contributed by atoms with Crippen LogP contribution < -0.4 is 15.4 Å². The molecule has 0 spiro atoms. The zero-order valence-corrected chi connectivity index (χ0v) is 16.4. The fourth-order valence-electron chi connectivity index (χ4n) is 2.80. The molecule has 0 aliphatic rings. The van der Waals surface area contributed by atoms with Crippen LogP contribution in [0.3, 0.4) is 0 Å². The Morgan fingerprint density at radius 3 is 2.62 bits per heavy atom. The Kier molecular flexibility index (Phi) is 4.92. The Morgan fingerprint density at radius 1 is 1.10 bits per heavy atom. The minimum absolute atomic E-state index is 0.0500. The first-order chi connectivity index (χ1) is 14.0. The molecule has 2 aromatic heterocycles. The zero-order chi connectivity index (χ0) is 20.4. The quantitative estimate of drug-likeness (QED) is 0.345. The van der Waals surface area contributed by atoms with Crippen molar-refractivity contribution in [1.82, 2.24) is 15.0 Å². The molecule has 0 bridgehead atoms. The highest BCUT2D eigenvalue weighted by Gasteiger charge is 2.24. The summed E-state index contributed by atoms with van der Waals surface area (Å²) in [7, 11) is 1.52. The van der Waals surface area contributed by atoms with Crippen molar-refractivity contribution >= 4 is 49.7 Å². The van der Waals surface area contributed by atoms with Crippen LogP contribution in [0.15, 0.2) is 48.8 Å². The number of nitrogens with zero attached hydrogens (tertiary/aromatic N) is 4. The van der Waals surface area contributed by atoms with Crippen molar-refractivity contribution in [3.8, 4) is 5.75 Å². The molecule has 9 nitrogen and oxygen atoms in total. The average molecular weight is 408 g/mol. The van der Waals surface area contributed by atoms with Crippen molar-refractivity contribution in [3.05, 3.63) is 64.5 Å². The molecule has 0 saturated heterocycles. The number of methoxy groups -OCH3 is 1. The normalized spacial score (nSPS) is 10.7. The lowest BCUT2D eigenvalue weighted by atomic mass is 10.2. The van der Waals surface area contributed by atoms with Crippen molar-refractivity contribution in [2.24, 2.45) is 0 Å². The van der Waals surface area contributed by atoms with Gasteiger partial charge in [-0.15, -0.1) is 0 Å². The van der Waals surface area contributed by atoms with Gasteiger partial charge in [-0.3, -0.25) is 10.1 Å². The lowest BCUT2D eigenvalue weighted by Crippen LogP contribution is -2.06. The second-order valence-corrected chi connectivity index (χ2v) is 7.15. The number of nitrogens with one attached hydrogen (secondary N) is 2. The largest absolute Gasteiger partial charge is 0.495 e. The van der Waals surface area contributed by atoms with Crippen LogP contribution in [-0.2, 0) is 0 Å². The standard InChI is InChI=1S/C19H16N6O3S/c1-11-7-8-13-15(9-11)29-19(23-13)24-18-16(25(26)27)17(20-10-21-18)22-12-5-3-4-6-14(12)28-2/h3-10H,1-2H3,(H2,20,21,22,23,24). The highest BCUT2D eigenvalue weighted by atomic mass is 32.1. The molecule has 2 N–H and O–H groups in total. The smallest absolute Gasteiger partial charge is 0.353 e. The Labute approximate surface area is 169 Å². The Hall–Kier alpha value is -3.79. The number of para-hydroxylation sites is 2. The van der Waals surface area contributed by atoms with Crippen LogP contribution in [0.25, 0.3) is 10.2 Å². The summed E-state index contributed by atoms with van der Waals surface area (Å²) in [6.07, 6.45) is 1.25. The highest BCUT2D eigenvalue weighted by Crippen LogP contribution is 2.36. The van der Waals surface area contributed by atoms with Crippen molar-refractivity contribution in [1.29, 1.82) is 0 Å². The van der Waals surface area contributed by atoms with Gasteiger partial charge in [-0.25, -0.2) is 15.0 Å². The summed E-state index contributed by atoms with van der Waals surface area (Å²) in [6, 6.07) is 13.0. The number of nitro groups is 1. The molecule has 4 rings (SSSR count). The molecule has 0 saturated carbocycles. The van der Waals surface area contributed by atoms with Crippen molar-refractivity contribution in [3.63, 3.8) is 0 Å². The maximum Gasteiger partial charge on any atom is 0.353 e. The van der Waals surface area contributed by atoms with E-state index in [1.807, 2.05) is 25.1 Å². The fraction of sp³-hybridized carbons (Fsp3) is 0.105. The summed E-state index contributed by atoms with van der Waals surface area (Å²) < 4.78 is 6.27. The summed E-state index contributed by atoms with van der Waals surface area (Å²) in [5.74, 6) is 0.642. The molecular weight excluding hydrogens is 392 g/mol. The van der Waals surface area contributed by atoms with E-state index >= 15 is 0 Å². The number of thiazole rings is 1. The van der Waals surface area contributed by atoms with Gasteiger partial charge in [0.2, 0.25) is 11.6 Å². The maximum absolute atomic E-state index is 11.8. The van der Waals surface area contributed by atoms with E-state index < -0.39 is 4.92 Å². The molecule has 0 aliphatic carbocycles. The number of benzene rings is 2. The molecule has 0 fully saturated rings. The van der Waals surface area contributed by atoms with Gasteiger partial charge >= 0.3 is 5.69 Å². The van der Waals surface area contributed by atoms with E-state index in [2.05, 4.69) is 25.6 Å². The molecule has 29 heavy (non-hydrogen) atoms.